The zero-order valence-corrected chi connectivity index (χ0v) is 19.0. The Kier molecular flexibility index (Phi) is 6.65. The number of hydrogen-bond acceptors (Lipinski definition) is 6. The lowest BCUT2D eigenvalue weighted by Crippen LogP contribution is -2.43. The topological polar surface area (TPSA) is 71.1 Å². The van der Waals surface area contributed by atoms with E-state index < -0.39 is 0 Å². The third-order valence-electron chi connectivity index (χ3n) is 6.11. The molecule has 0 aliphatic carbocycles. The number of carbonyl (C=O) groups is 2. The number of hydrogen-bond donors (Lipinski definition) is 1. The van der Waals surface area contributed by atoms with E-state index in [9.17, 15) is 9.59 Å². The van der Waals surface area contributed by atoms with Gasteiger partial charge in [-0.15, -0.1) is 0 Å². The lowest BCUT2D eigenvalue weighted by Gasteiger charge is -2.39. The molecule has 0 bridgehead atoms. The molecule has 2 aromatic rings. The summed E-state index contributed by atoms with van der Waals surface area (Å²) in [5.41, 5.74) is 4.46. The first kappa shape index (κ1) is 22.1. The molecule has 0 radical (unpaired) electrons. The Bertz CT molecular complexity index is 970. The van der Waals surface area contributed by atoms with Crippen molar-refractivity contribution in [3.05, 3.63) is 53.6 Å². The van der Waals surface area contributed by atoms with Gasteiger partial charge in [-0.2, -0.15) is 0 Å². The Morgan fingerprint density at radius 1 is 1.12 bits per heavy atom. The van der Waals surface area contributed by atoms with Crippen LogP contribution >= 0.6 is 0 Å². The predicted octanol–water partition coefficient (Wildman–Crippen LogP) is 4.00. The zero-order chi connectivity index (χ0) is 22.7. The van der Waals surface area contributed by atoms with Gasteiger partial charge in [0, 0.05) is 43.1 Å². The van der Waals surface area contributed by atoms with Crippen molar-refractivity contribution in [1.29, 1.82) is 0 Å². The van der Waals surface area contributed by atoms with Crippen molar-refractivity contribution in [3.8, 4) is 0 Å². The van der Waals surface area contributed by atoms with Crippen molar-refractivity contribution < 1.29 is 19.1 Å². The van der Waals surface area contributed by atoms with Crippen LogP contribution in [0.2, 0.25) is 0 Å². The van der Waals surface area contributed by atoms with E-state index in [-0.39, 0.29) is 24.0 Å². The van der Waals surface area contributed by atoms with Crippen LogP contribution in [0, 0.1) is 0 Å². The van der Waals surface area contributed by atoms with Crippen LogP contribution in [0.1, 0.15) is 49.2 Å². The van der Waals surface area contributed by atoms with Crippen molar-refractivity contribution in [2.24, 2.45) is 0 Å². The summed E-state index contributed by atoms with van der Waals surface area (Å²) in [6, 6.07) is 13.9. The fourth-order valence-electron chi connectivity index (χ4n) is 4.61. The summed E-state index contributed by atoms with van der Waals surface area (Å²) in [4.78, 5) is 28.8. The number of anilines is 3. The van der Waals surface area contributed by atoms with Gasteiger partial charge in [0.1, 0.15) is 0 Å². The Labute approximate surface area is 189 Å². The molecule has 0 aromatic heterocycles. The molecule has 1 saturated heterocycles. The first-order chi connectivity index (χ1) is 15.5. The summed E-state index contributed by atoms with van der Waals surface area (Å²) < 4.78 is 10.6. The van der Waals surface area contributed by atoms with E-state index in [1.807, 2.05) is 17.0 Å². The number of morpholine rings is 1. The molecular weight excluding hydrogens is 406 g/mol. The molecule has 170 valence electrons. The summed E-state index contributed by atoms with van der Waals surface area (Å²) in [6.45, 7) is 9.07. The summed E-state index contributed by atoms with van der Waals surface area (Å²) in [5, 5.41) is 3.62. The van der Waals surface area contributed by atoms with Crippen LogP contribution in [0.15, 0.2) is 42.5 Å². The van der Waals surface area contributed by atoms with Crippen LogP contribution in [0.5, 0.6) is 0 Å². The first-order valence-corrected chi connectivity index (χ1v) is 11.3. The highest BCUT2D eigenvalue weighted by Gasteiger charge is 2.33. The average molecular weight is 438 g/mol. The van der Waals surface area contributed by atoms with Crippen LogP contribution in [0.25, 0.3) is 0 Å². The van der Waals surface area contributed by atoms with Gasteiger partial charge < -0.3 is 24.6 Å². The molecule has 0 saturated carbocycles. The van der Waals surface area contributed by atoms with Crippen LogP contribution in [-0.4, -0.2) is 50.8 Å². The van der Waals surface area contributed by atoms with Crippen molar-refractivity contribution in [1.82, 2.24) is 0 Å². The summed E-state index contributed by atoms with van der Waals surface area (Å²) in [5.74, 6) is -0.354. The molecule has 0 spiro atoms. The molecule has 2 aliphatic heterocycles. The Hall–Kier alpha value is -3.06. The van der Waals surface area contributed by atoms with E-state index in [2.05, 4.69) is 41.4 Å². The van der Waals surface area contributed by atoms with Gasteiger partial charge in [0.05, 0.1) is 31.4 Å². The molecule has 2 aliphatic rings. The highest BCUT2D eigenvalue weighted by Crippen LogP contribution is 2.40. The SMILES string of the molecule is CCOC(=O)c1ccc2c(c1)C(Nc1ccc(N3CCOCC3)cc1)CC(C)N2C(C)=O. The number of carbonyl (C=O) groups excluding carboxylic acids is 2. The average Bonchev–Trinajstić information content (AvgIpc) is 2.80. The Morgan fingerprint density at radius 3 is 2.50 bits per heavy atom. The maximum atomic E-state index is 12.3. The third-order valence-corrected chi connectivity index (χ3v) is 6.11. The molecule has 1 fully saturated rings. The fourth-order valence-corrected chi connectivity index (χ4v) is 4.61. The highest BCUT2D eigenvalue weighted by molar-refractivity contribution is 5.96. The maximum Gasteiger partial charge on any atom is 0.338 e. The first-order valence-electron chi connectivity index (χ1n) is 11.3. The van der Waals surface area contributed by atoms with E-state index in [4.69, 9.17) is 9.47 Å². The van der Waals surface area contributed by atoms with Gasteiger partial charge in [0.25, 0.3) is 0 Å². The van der Waals surface area contributed by atoms with E-state index in [0.717, 1.165) is 49.7 Å². The normalized spacial score (nSPS) is 20.5. The molecule has 7 nitrogen and oxygen atoms in total. The second kappa shape index (κ2) is 9.61. The zero-order valence-electron chi connectivity index (χ0n) is 19.0. The largest absolute Gasteiger partial charge is 0.462 e. The molecule has 2 unspecified atom stereocenters. The van der Waals surface area contributed by atoms with Gasteiger partial charge in [0.15, 0.2) is 0 Å². The Balaban J connectivity index is 1.60. The molecule has 4 rings (SSSR count). The van der Waals surface area contributed by atoms with E-state index in [1.165, 1.54) is 5.69 Å². The second-order valence-corrected chi connectivity index (χ2v) is 8.31. The lowest BCUT2D eigenvalue weighted by atomic mass is 9.90. The van der Waals surface area contributed by atoms with Crippen molar-refractivity contribution >= 4 is 28.9 Å². The van der Waals surface area contributed by atoms with E-state index >= 15 is 0 Å². The van der Waals surface area contributed by atoms with Crippen LogP contribution in [0.4, 0.5) is 17.1 Å². The number of ether oxygens (including phenoxy) is 2. The van der Waals surface area contributed by atoms with Gasteiger partial charge in [-0.1, -0.05) is 0 Å². The van der Waals surface area contributed by atoms with Gasteiger partial charge in [-0.05, 0) is 68.3 Å². The third kappa shape index (κ3) is 4.58. The molecule has 32 heavy (non-hydrogen) atoms. The smallest absolute Gasteiger partial charge is 0.338 e. The van der Waals surface area contributed by atoms with Crippen molar-refractivity contribution in [2.75, 3.05) is 48.0 Å². The van der Waals surface area contributed by atoms with Crippen LogP contribution < -0.4 is 15.1 Å². The van der Waals surface area contributed by atoms with Gasteiger partial charge in [0.2, 0.25) is 5.91 Å². The molecule has 1 amide bonds. The second-order valence-electron chi connectivity index (χ2n) is 8.31. The number of benzene rings is 2. The van der Waals surface area contributed by atoms with Gasteiger partial charge >= 0.3 is 5.97 Å². The quantitative estimate of drug-likeness (QED) is 0.713. The number of esters is 1. The van der Waals surface area contributed by atoms with Crippen LogP contribution in [0.3, 0.4) is 0 Å². The maximum absolute atomic E-state index is 12.3. The summed E-state index contributed by atoms with van der Waals surface area (Å²) in [6.07, 6.45) is 0.740. The number of nitrogens with zero attached hydrogens (tertiary/aromatic N) is 2. The fraction of sp³-hybridized carbons (Fsp3) is 0.440. The van der Waals surface area contributed by atoms with Crippen molar-refractivity contribution in [2.45, 2.75) is 39.3 Å². The van der Waals surface area contributed by atoms with Crippen LogP contribution in [-0.2, 0) is 14.3 Å². The number of amides is 1. The predicted molar refractivity (Wildman–Crippen MR) is 125 cm³/mol. The highest BCUT2D eigenvalue weighted by atomic mass is 16.5. The van der Waals surface area contributed by atoms with Crippen molar-refractivity contribution in [3.63, 3.8) is 0 Å². The molecule has 2 heterocycles. The molecule has 7 heteroatoms. The summed E-state index contributed by atoms with van der Waals surface area (Å²) in [7, 11) is 0. The molecule has 2 atom stereocenters. The van der Waals surface area contributed by atoms with E-state index in [1.54, 1.807) is 19.9 Å². The Morgan fingerprint density at radius 2 is 1.84 bits per heavy atom. The monoisotopic (exact) mass is 437 g/mol. The number of rotatable bonds is 5. The van der Waals surface area contributed by atoms with Gasteiger partial charge in [-0.3, -0.25) is 4.79 Å². The lowest BCUT2D eigenvalue weighted by molar-refractivity contribution is -0.117. The molecule has 2 aromatic carbocycles. The molecule has 1 N–H and O–H groups in total. The molecular formula is C25H31N3O4. The minimum Gasteiger partial charge on any atom is -0.462 e. The number of fused-ring (bicyclic) bond motifs is 1. The summed E-state index contributed by atoms with van der Waals surface area (Å²) >= 11 is 0. The standard InChI is InChI=1S/C25H31N3O4/c1-4-32-25(30)19-5-10-24-22(16-19)23(15-17(2)28(24)18(3)29)26-20-6-8-21(9-7-20)27-11-13-31-14-12-27/h5-10,16-17,23,26H,4,11-15H2,1-3H3. The minimum absolute atomic E-state index is 0.00375. The van der Waals surface area contributed by atoms with E-state index in [0.29, 0.717) is 12.2 Å². The number of nitrogens with one attached hydrogen (secondary N) is 1. The van der Waals surface area contributed by atoms with Gasteiger partial charge in [-0.25, -0.2) is 4.79 Å². The minimum atomic E-state index is -0.350.